The molecule has 2 aromatic carbocycles. The zero-order valence-electron chi connectivity index (χ0n) is 12.3. The molecule has 0 aliphatic carbocycles. The van der Waals surface area contributed by atoms with Crippen LogP contribution in [0, 0.1) is 0 Å². The molecule has 2 N–H and O–H groups in total. The summed E-state index contributed by atoms with van der Waals surface area (Å²) >= 11 is 5.41. The molecule has 0 fully saturated rings. The summed E-state index contributed by atoms with van der Waals surface area (Å²) in [6, 6.07) is 18.2. The predicted molar refractivity (Wildman–Crippen MR) is 91.8 cm³/mol. The lowest BCUT2D eigenvalue weighted by Crippen LogP contribution is -2.32. The molecule has 2 aromatic rings. The number of para-hydroxylation sites is 2. The van der Waals surface area contributed by atoms with Crippen LogP contribution in [0.15, 0.2) is 54.6 Å². The van der Waals surface area contributed by atoms with Crippen molar-refractivity contribution in [3.63, 3.8) is 0 Å². The third-order valence-corrected chi connectivity index (χ3v) is 3.49. The Balaban J connectivity index is 2.03. The first-order valence-corrected chi connectivity index (χ1v) is 7.41. The lowest BCUT2D eigenvalue weighted by atomic mass is 10.1. The van der Waals surface area contributed by atoms with Gasteiger partial charge >= 0.3 is 0 Å². The van der Waals surface area contributed by atoms with Crippen molar-refractivity contribution in [2.45, 2.75) is 19.4 Å². The number of benzene rings is 2. The third kappa shape index (κ3) is 4.20. The van der Waals surface area contributed by atoms with Gasteiger partial charge in [-0.3, -0.25) is 0 Å². The van der Waals surface area contributed by atoms with E-state index in [9.17, 15) is 0 Å². The van der Waals surface area contributed by atoms with E-state index in [1.165, 1.54) is 5.56 Å². The van der Waals surface area contributed by atoms with Gasteiger partial charge in [0.25, 0.3) is 0 Å². The number of methoxy groups -OCH3 is 1. The van der Waals surface area contributed by atoms with Gasteiger partial charge in [0.2, 0.25) is 0 Å². The summed E-state index contributed by atoms with van der Waals surface area (Å²) in [5.74, 6) is 0.773. The van der Waals surface area contributed by atoms with E-state index in [1.54, 1.807) is 7.11 Å². The normalized spacial score (nSPS) is 11.5. The molecule has 4 heteroatoms. The maximum absolute atomic E-state index is 5.41. The highest BCUT2D eigenvalue weighted by atomic mass is 32.1. The Hall–Kier alpha value is -2.07. The lowest BCUT2D eigenvalue weighted by molar-refractivity contribution is 0.417. The topological polar surface area (TPSA) is 33.3 Å². The Morgan fingerprint density at radius 2 is 1.76 bits per heavy atom. The largest absolute Gasteiger partial charge is 0.495 e. The fraction of sp³-hybridized carbons (Fsp3) is 0.235. The van der Waals surface area contributed by atoms with Gasteiger partial charge in [0.05, 0.1) is 18.8 Å². The van der Waals surface area contributed by atoms with Crippen LogP contribution in [-0.4, -0.2) is 12.2 Å². The predicted octanol–water partition coefficient (Wildman–Crippen LogP) is 4.13. The van der Waals surface area contributed by atoms with Gasteiger partial charge in [-0.25, -0.2) is 0 Å². The fourth-order valence-corrected chi connectivity index (χ4v) is 2.42. The van der Waals surface area contributed by atoms with E-state index in [1.807, 2.05) is 42.5 Å². The van der Waals surface area contributed by atoms with E-state index in [-0.39, 0.29) is 6.04 Å². The maximum Gasteiger partial charge on any atom is 0.171 e. The minimum atomic E-state index is 0.195. The van der Waals surface area contributed by atoms with Gasteiger partial charge in [-0.15, -0.1) is 0 Å². The second kappa shape index (κ2) is 7.64. The number of thiocarbonyl (C=S) groups is 1. The average molecular weight is 300 g/mol. The molecule has 0 radical (unpaired) electrons. The Kier molecular flexibility index (Phi) is 5.58. The van der Waals surface area contributed by atoms with Crippen molar-refractivity contribution in [1.82, 2.24) is 5.32 Å². The molecule has 21 heavy (non-hydrogen) atoms. The van der Waals surface area contributed by atoms with Crippen molar-refractivity contribution in [1.29, 1.82) is 0 Å². The zero-order chi connectivity index (χ0) is 15.1. The van der Waals surface area contributed by atoms with Crippen LogP contribution in [-0.2, 0) is 0 Å². The molecule has 0 saturated heterocycles. The minimum absolute atomic E-state index is 0.195. The molecule has 110 valence electrons. The number of hydrogen-bond donors (Lipinski definition) is 2. The first kappa shape index (κ1) is 15.3. The van der Waals surface area contributed by atoms with Crippen molar-refractivity contribution in [2.75, 3.05) is 12.4 Å². The van der Waals surface area contributed by atoms with Gasteiger partial charge in [0.1, 0.15) is 5.75 Å². The molecule has 0 heterocycles. The number of ether oxygens (including phenoxy) is 1. The van der Waals surface area contributed by atoms with E-state index in [4.69, 9.17) is 17.0 Å². The molecule has 0 saturated carbocycles. The van der Waals surface area contributed by atoms with Gasteiger partial charge in [-0.2, -0.15) is 0 Å². The number of hydrogen-bond acceptors (Lipinski definition) is 2. The molecule has 2 rings (SSSR count). The van der Waals surface area contributed by atoms with Crippen LogP contribution in [0.2, 0.25) is 0 Å². The van der Waals surface area contributed by atoms with Crippen LogP contribution in [0.3, 0.4) is 0 Å². The SMILES string of the molecule is CCC(NC(=S)Nc1ccccc1OC)c1ccccc1. The Morgan fingerprint density at radius 3 is 2.43 bits per heavy atom. The Morgan fingerprint density at radius 1 is 1.10 bits per heavy atom. The summed E-state index contributed by atoms with van der Waals surface area (Å²) in [7, 11) is 1.65. The molecule has 0 spiro atoms. The smallest absolute Gasteiger partial charge is 0.171 e. The van der Waals surface area contributed by atoms with Crippen molar-refractivity contribution in [3.8, 4) is 5.75 Å². The van der Waals surface area contributed by atoms with Gasteiger partial charge in [0, 0.05) is 0 Å². The fourth-order valence-electron chi connectivity index (χ4n) is 2.17. The monoisotopic (exact) mass is 300 g/mol. The van der Waals surface area contributed by atoms with Crippen molar-refractivity contribution >= 4 is 23.0 Å². The van der Waals surface area contributed by atoms with Crippen LogP contribution in [0.5, 0.6) is 5.75 Å². The second-order valence-electron chi connectivity index (χ2n) is 4.67. The van der Waals surface area contributed by atoms with Crippen molar-refractivity contribution < 1.29 is 4.74 Å². The summed E-state index contributed by atoms with van der Waals surface area (Å²) in [6.07, 6.45) is 0.956. The molecule has 0 amide bonds. The highest BCUT2D eigenvalue weighted by molar-refractivity contribution is 7.80. The summed E-state index contributed by atoms with van der Waals surface area (Å²) in [5.41, 5.74) is 2.09. The lowest BCUT2D eigenvalue weighted by Gasteiger charge is -2.20. The Labute approximate surface area is 131 Å². The van der Waals surface area contributed by atoms with E-state index < -0.39 is 0 Å². The summed E-state index contributed by atoms with van der Waals surface area (Å²) in [6.45, 7) is 2.14. The first-order chi connectivity index (χ1) is 10.2. The molecular weight excluding hydrogens is 280 g/mol. The van der Waals surface area contributed by atoms with Gasteiger partial charge in [-0.05, 0) is 36.3 Å². The van der Waals surface area contributed by atoms with Crippen LogP contribution < -0.4 is 15.4 Å². The molecule has 1 atom stereocenters. The van der Waals surface area contributed by atoms with E-state index in [2.05, 4.69) is 29.7 Å². The van der Waals surface area contributed by atoms with E-state index in [0.717, 1.165) is 17.9 Å². The van der Waals surface area contributed by atoms with Crippen molar-refractivity contribution in [3.05, 3.63) is 60.2 Å². The van der Waals surface area contributed by atoms with Gasteiger partial charge in [0.15, 0.2) is 5.11 Å². The molecule has 0 aromatic heterocycles. The molecule has 3 nitrogen and oxygen atoms in total. The molecule has 0 aliphatic rings. The third-order valence-electron chi connectivity index (χ3n) is 3.27. The molecule has 0 bridgehead atoms. The number of nitrogens with one attached hydrogen (secondary N) is 2. The highest BCUT2D eigenvalue weighted by Gasteiger charge is 2.11. The van der Waals surface area contributed by atoms with Crippen LogP contribution in [0.1, 0.15) is 24.9 Å². The standard InChI is InChI=1S/C17H20N2OS/c1-3-14(13-9-5-4-6-10-13)18-17(21)19-15-11-7-8-12-16(15)20-2/h4-12,14H,3H2,1-2H3,(H2,18,19,21). The average Bonchev–Trinajstić information content (AvgIpc) is 2.54. The van der Waals surface area contributed by atoms with Crippen molar-refractivity contribution in [2.24, 2.45) is 0 Å². The zero-order valence-corrected chi connectivity index (χ0v) is 13.1. The highest BCUT2D eigenvalue weighted by Crippen LogP contribution is 2.23. The summed E-state index contributed by atoms with van der Waals surface area (Å²) in [5, 5.41) is 7.13. The number of anilines is 1. The van der Waals surface area contributed by atoms with E-state index >= 15 is 0 Å². The molecule has 1 unspecified atom stereocenters. The second-order valence-corrected chi connectivity index (χ2v) is 5.08. The van der Waals surface area contributed by atoms with Gasteiger partial charge < -0.3 is 15.4 Å². The van der Waals surface area contributed by atoms with Gasteiger partial charge in [-0.1, -0.05) is 49.4 Å². The maximum atomic E-state index is 5.41. The molecular formula is C17H20N2OS. The van der Waals surface area contributed by atoms with Crippen LogP contribution in [0.25, 0.3) is 0 Å². The summed E-state index contributed by atoms with van der Waals surface area (Å²) in [4.78, 5) is 0. The quantitative estimate of drug-likeness (QED) is 0.813. The van der Waals surface area contributed by atoms with Crippen LogP contribution in [0.4, 0.5) is 5.69 Å². The number of rotatable bonds is 5. The van der Waals surface area contributed by atoms with Crippen LogP contribution >= 0.6 is 12.2 Å². The molecule has 0 aliphatic heterocycles. The first-order valence-electron chi connectivity index (χ1n) is 7.00. The summed E-state index contributed by atoms with van der Waals surface area (Å²) < 4.78 is 5.31. The minimum Gasteiger partial charge on any atom is -0.495 e. The Bertz CT molecular complexity index is 586. The van der Waals surface area contributed by atoms with E-state index in [0.29, 0.717) is 5.11 Å².